The van der Waals surface area contributed by atoms with E-state index in [4.69, 9.17) is 9.47 Å². The highest BCUT2D eigenvalue weighted by molar-refractivity contribution is 7.99. The molecule has 0 atom stereocenters. The van der Waals surface area contributed by atoms with E-state index in [2.05, 4.69) is 24.4 Å². The predicted octanol–water partition coefficient (Wildman–Crippen LogP) is 9.39. The van der Waals surface area contributed by atoms with Crippen molar-refractivity contribution in [1.82, 2.24) is 0 Å². The molecule has 0 radical (unpaired) electrons. The van der Waals surface area contributed by atoms with Gasteiger partial charge in [-0.15, -0.1) is 0 Å². The highest BCUT2D eigenvalue weighted by atomic mass is 32.2. The normalized spacial score (nSPS) is 10.7. The van der Waals surface area contributed by atoms with Crippen LogP contribution in [0.3, 0.4) is 0 Å². The van der Waals surface area contributed by atoms with Gasteiger partial charge in [0.1, 0.15) is 11.5 Å². The van der Waals surface area contributed by atoms with Gasteiger partial charge in [0, 0.05) is 34.1 Å². The van der Waals surface area contributed by atoms with Crippen molar-refractivity contribution in [3.63, 3.8) is 0 Å². The maximum atomic E-state index is 13.5. The monoisotopic (exact) mass is 596 g/mol. The van der Waals surface area contributed by atoms with Crippen molar-refractivity contribution in [3.8, 4) is 11.5 Å². The molecule has 0 unspecified atom stereocenters. The summed E-state index contributed by atoms with van der Waals surface area (Å²) in [5.41, 5.74) is 2.80. The first-order chi connectivity index (χ1) is 21.0. The van der Waals surface area contributed by atoms with E-state index in [1.807, 2.05) is 97.9 Å². The molecule has 0 fully saturated rings. The molecule has 0 spiro atoms. The molecule has 4 aromatic rings. The topological polar surface area (TPSA) is 67.9 Å². The fourth-order valence-corrected chi connectivity index (χ4v) is 5.20. The first kappa shape index (κ1) is 31.7. The smallest absolute Gasteiger partial charge is 0.326 e. The molecule has 0 bridgehead atoms. The van der Waals surface area contributed by atoms with Gasteiger partial charge < -0.3 is 14.8 Å². The number of unbranched alkanes of at least 4 members (excludes halogenated alkanes) is 1. The van der Waals surface area contributed by atoms with Crippen molar-refractivity contribution in [2.24, 2.45) is 0 Å². The number of benzene rings is 4. The van der Waals surface area contributed by atoms with Crippen LogP contribution in [0.15, 0.2) is 113 Å². The quantitative estimate of drug-likeness (QED) is 0.0841. The molecule has 0 aromatic heterocycles. The summed E-state index contributed by atoms with van der Waals surface area (Å²) in [5.74, 6) is 1.13. The predicted molar refractivity (Wildman–Crippen MR) is 176 cm³/mol. The molecule has 224 valence electrons. The number of anilines is 2. The van der Waals surface area contributed by atoms with Crippen molar-refractivity contribution in [1.29, 1.82) is 0 Å². The number of rotatable bonds is 15. The van der Waals surface area contributed by atoms with Crippen molar-refractivity contribution in [2.45, 2.75) is 62.2 Å². The molecule has 0 saturated heterocycles. The summed E-state index contributed by atoms with van der Waals surface area (Å²) in [6.07, 6.45) is 4.97. The van der Waals surface area contributed by atoms with Crippen LogP contribution in [-0.4, -0.2) is 25.2 Å². The van der Waals surface area contributed by atoms with E-state index in [9.17, 15) is 9.59 Å². The third kappa shape index (κ3) is 10.5. The molecule has 0 heterocycles. The molecule has 1 N–H and O–H groups in total. The Kier molecular flexibility index (Phi) is 12.5. The first-order valence-corrected chi connectivity index (χ1v) is 15.8. The maximum Gasteiger partial charge on any atom is 0.326 e. The van der Waals surface area contributed by atoms with E-state index in [1.165, 1.54) is 5.56 Å². The van der Waals surface area contributed by atoms with E-state index in [0.29, 0.717) is 25.3 Å². The summed E-state index contributed by atoms with van der Waals surface area (Å²) < 4.78 is 11.1. The lowest BCUT2D eigenvalue weighted by atomic mass is 10.1. The van der Waals surface area contributed by atoms with Gasteiger partial charge in [-0.05, 0) is 104 Å². The lowest BCUT2D eigenvalue weighted by Gasteiger charge is -2.24. The Morgan fingerprint density at radius 1 is 0.744 bits per heavy atom. The fourth-order valence-electron chi connectivity index (χ4n) is 4.39. The zero-order valence-corrected chi connectivity index (χ0v) is 25.8. The Bertz CT molecular complexity index is 1410. The van der Waals surface area contributed by atoms with Crippen molar-refractivity contribution in [3.05, 3.63) is 109 Å². The van der Waals surface area contributed by atoms with Crippen LogP contribution in [-0.2, 0) is 11.2 Å². The molecular weight excluding hydrogens is 556 g/mol. The van der Waals surface area contributed by atoms with E-state index >= 15 is 0 Å². The van der Waals surface area contributed by atoms with Crippen LogP contribution in [0, 0.1) is 0 Å². The number of urea groups is 1. The van der Waals surface area contributed by atoms with Crippen LogP contribution >= 0.6 is 11.8 Å². The van der Waals surface area contributed by atoms with Crippen molar-refractivity contribution < 1.29 is 19.1 Å². The zero-order valence-electron chi connectivity index (χ0n) is 25.0. The Morgan fingerprint density at radius 3 is 2.05 bits per heavy atom. The molecular formula is C36H40N2O4S. The van der Waals surface area contributed by atoms with E-state index in [1.54, 1.807) is 16.7 Å². The Morgan fingerprint density at radius 2 is 1.40 bits per heavy atom. The summed E-state index contributed by atoms with van der Waals surface area (Å²) in [6.45, 7) is 5.34. The minimum atomic E-state index is -0.218. The van der Waals surface area contributed by atoms with E-state index in [-0.39, 0.29) is 12.0 Å². The van der Waals surface area contributed by atoms with Gasteiger partial charge in [-0.2, -0.15) is 0 Å². The van der Waals surface area contributed by atoms with Crippen molar-refractivity contribution in [2.75, 3.05) is 23.4 Å². The third-order valence-corrected chi connectivity index (χ3v) is 7.72. The van der Waals surface area contributed by atoms with Gasteiger partial charge in [-0.3, -0.25) is 9.69 Å². The number of carbonyl (C=O) groups is 2. The molecule has 4 aromatic carbocycles. The molecule has 4 rings (SSSR count). The van der Waals surface area contributed by atoms with Crippen LogP contribution in [0.4, 0.5) is 16.2 Å². The van der Waals surface area contributed by atoms with Gasteiger partial charge in [-0.1, -0.05) is 62.4 Å². The summed E-state index contributed by atoms with van der Waals surface area (Å²) in [6, 6.07) is 33.2. The Labute approximate surface area is 259 Å². The first-order valence-electron chi connectivity index (χ1n) is 15.0. The average Bonchev–Trinajstić information content (AvgIpc) is 3.02. The number of nitrogens with zero attached hydrogens (tertiary/aromatic N) is 1. The summed E-state index contributed by atoms with van der Waals surface area (Å²) >= 11 is 1.61. The zero-order chi connectivity index (χ0) is 30.3. The fraction of sp³-hybridized carbons (Fsp3) is 0.278. The average molecular weight is 597 g/mol. The standard InChI is InChI=1S/C36H40N2O4S/c1-3-5-27-41-31-18-14-29(15-19-31)37-36(40)38(26-9-13-28-11-7-6-8-12-28)30-16-22-33(23-17-30)43-34-24-20-32(21-25-34)42-35(39)10-4-2/h6-8,11-12,14-25H,3-5,9-10,13,26-27H2,1-2H3,(H,37,40). The SMILES string of the molecule is CCCCOc1ccc(NC(=O)N(CCCc2ccccc2)c2ccc(Sc3ccc(OC(=O)CCC)cc3)cc2)cc1. The molecule has 43 heavy (non-hydrogen) atoms. The Hall–Kier alpha value is -4.23. The van der Waals surface area contributed by atoms with Crippen LogP contribution < -0.4 is 19.7 Å². The lowest BCUT2D eigenvalue weighted by Crippen LogP contribution is -2.36. The van der Waals surface area contributed by atoms with Gasteiger partial charge in [0.05, 0.1) is 6.61 Å². The minimum absolute atomic E-state index is 0.179. The summed E-state index contributed by atoms with van der Waals surface area (Å²) in [4.78, 5) is 29.1. The van der Waals surface area contributed by atoms with Crippen LogP contribution in [0.1, 0.15) is 51.5 Å². The lowest BCUT2D eigenvalue weighted by molar-refractivity contribution is -0.134. The minimum Gasteiger partial charge on any atom is -0.494 e. The Balaban J connectivity index is 1.41. The molecule has 0 aliphatic rings. The second-order valence-corrected chi connectivity index (χ2v) is 11.3. The highest BCUT2D eigenvalue weighted by Gasteiger charge is 2.16. The number of aryl methyl sites for hydroxylation is 1. The molecule has 2 amide bonds. The van der Waals surface area contributed by atoms with Gasteiger partial charge in [0.2, 0.25) is 0 Å². The van der Waals surface area contributed by atoms with E-state index < -0.39 is 0 Å². The number of ether oxygens (including phenoxy) is 2. The number of esters is 1. The maximum absolute atomic E-state index is 13.5. The molecule has 6 nitrogen and oxygen atoms in total. The number of hydrogen-bond donors (Lipinski definition) is 1. The van der Waals surface area contributed by atoms with Crippen LogP contribution in [0.5, 0.6) is 11.5 Å². The largest absolute Gasteiger partial charge is 0.494 e. The van der Waals surface area contributed by atoms with Gasteiger partial charge >= 0.3 is 12.0 Å². The number of amides is 2. The summed E-state index contributed by atoms with van der Waals surface area (Å²) in [7, 11) is 0. The van der Waals surface area contributed by atoms with Crippen LogP contribution in [0.25, 0.3) is 0 Å². The van der Waals surface area contributed by atoms with Gasteiger partial charge in [0.15, 0.2) is 0 Å². The van der Waals surface area contributed by atoms with Crippen molar-refractivity contribution >= 4 is 35.1 Å². The van der Waals surface area contributed by atoms with Gasteiger partial charge in [-0.25, -0.2) is 4.79 Å². The number of hydrogen-bond acceptors (Lipinski definition) is 5. The van der Waals surface area contributed by atoms with Crippen LogP contribution in [0.2, 0.25) is 0 Å². The molecule has 0 saturated carbocycles. The second-order valence-electron chi connectivity index (χ2n) is 10.2. The number of nitrogens with one attached hydrogen (secondary N) is 1. The third-order valence-electron chi connectivity index (χ3n) is 6.70. The summed E-state index contributed by atoms with van der Waals surface area (Å²) in [5, 5.41) is 3.06. The molecule has 7 heteroatoms. The molecule has 0 aliphatic heterocycles. The molecule has 0 aliphatic carbocycles. The second kappa shape index (κ2) is 17.0. The highest BCUT2D eigenvalue weighted by Crippen LogP contribution is 2.31. The number of carbonyl (C=O) groups excluding carboxylic acids is 2. The van der Waals surface area contributed by atoms with E-state index in [0.717, 1.165) is 59.0 Å². The van der Waals surface area contributed by atoms with Gasteiger partial charge in [0.25, 0.3) is 0 Å².